The molecule has 2 N–H and O–H groups in total. The van der Waals surface area contributed by atoms with E-state index in [1.807, 2.05) is 0 Å². The van der Waals surface area contributed by atoms with Crippen LogP contribution < -0.4 is 15.2 Å². The van der Waals surface area contributed by atoms with E-state index < -0.39 is 11.9 Å². The minimum atomic E-state index is -0.475. The van der Waals surface area contributed by atoms with E-state index in [9.17, 15) is 4.39 Å². The van der Waals surface area contributed by atoms with Crippen molar-refractivity contribution in [2.24, 2.45) is 12.8 Å². The molecule has 1 atom stereocenters. The SMILES string of the molecule is COc1cc(C(N)c2c(OC)cnn2C)ccc1F. The van der Waals surface area contributed by atoms with Crippen LogP contribution in [0.3, 0.4) is 0 Å². The minimum Gasteiger partial charge on any atom is -0.494 e. The second kappa shape index (κ2) is 5.27. The zero-order valence-corrected chi connectivity index (χ0v) is 11.1. The average Bonchev–Trinajstić information content (AvgIpc) is 2.79. The Labute approximate surface area is 110 Å². The summed E-state index contributed by atoms with van der Waals surface area (Å²) in [5.74, 6) is 0.336. The number of aromatic nitrogens is 2. The van der Waals surface area contributed by atoms with Crippen molar-refractivity contribution in [3.8, 4) is 11.5 Å². The Hall–Kier alpha value is -2.08. The summed E-state index contributed by atoms with van der Waals surface area (Å²) in [5.41, 5.74) is 7.63. The third-order valence-corrected chi connectivity index (χ3v) is 3.00. The molecule has 1 heterocycles. The highest BCUT2D eigenvalue weighted by Crippen LogP contribution is 2.30. The molecule has 1 unspecified atom stereocenters. The molecule has 6 heteroatoms. The quantitative estimate of drug-likeness (QED) is 0.912. The lowest BCUT2D eigenvalue weighted by Crippen LogP contribution is -2.17. The van der Waals surface area contributed by atoms with Crippen LogP contribution in [0.1, 0.15) is 17.3 Å². The first-order valence-electron chi connectivity index (χ1n) is 5.73. The Kier molecular flexibility index (Phi) is 3.71. The summed E-state index contributed by atoms with van der Waals surface area (Å²) in [6.45, 7) is 0. The molecule has 1 aromatic carbocycles. The van der Waals surface area contributed by atoms with Gasteiger partial charge in [0.2, 0.25) is 0 Å². The number of aryl methyl sites for hydroxylation is 1. The molecule has 0 amide bonds. The molecule has 0 saturated heterocycles. The van der Waals surface area contributed by atoms with Crippen molar-refractivity contribution in [3.05, 3.63) is 41.5 Å². The first kappa shape index (κ1) is 13.4. The van der Waals surface area contributed by atoms with E-state index in [2.05, 4.69) is 5.10 Å². The number of benzene rings is 1. The fraction of sp³-hybridized carbons (Fsp3) is 0.308. The molecule has 2 rings (SSSR count). The second-order valence-corrected chi connectivity index (χ2v) is 4.09. The van der Waals surface area contributed by atoms with Gasteiger partial charge in [-0.15, -0.1) is 0 Å². The number of methoxy groups -OCH3 is 2. The fourth-order valence-electron chi connectivity index (χ4n) is 1.97. The van der Waals surface area contributed by atoms with Gasteiger partial charge in [0.05, 0.1) is 26.5 Å². The summed E-state index contributed by atoms with van der Waals surface area (Å²) in [4.78, 5) is 0. The molecular formula is C13H16FN3O2. The maximum Gasteiger partial charge on any atom is 0.165 e. The van der Waals surface area contributed by atoms with Crippen LogP contribution in [-0.2, 0) is 7.05 Å². The molecule has 0 aliphatic heterocycles. The van der Waals surface area contributed by atoms with E-state index in [0.29, 0.717) is 5.75 Å². The Morgan fingerprint density at radius 3 is 2.58 bits per heavy atom. The first-order valence-corrected chi connectivity index (χ1v) is 5.73. The third kappa shape index (κ3) is 2.39. The van der Waals surface area contributed by atoms with E-state index in [0.717, 1.165) is 11.3 Å². The van der Waals surface area contributed by atoms with Crippen LogP contribution >= 0.6 is 0 Å². The summed E-state index contributed by atoms with van der Waals surface area (Å²) in [7, 11) is 4.75. The highest BCUT2D eigenvalue weighted by Gasteiger charge is 2.20. The molecule has 1 aromatic heterocycles. The second-order valence-electron chi connectivity index (χ2n) is 4.09. The number of hydrogen-bond donors (Lipinski definition) is 1. The van der Waals surface area contributed by atoms with Crippen LogP contribution in [0, 0.1) is 5.82 Å². The smallest absolute Gasteiger partial charge is 0.165 e. The lowest BCUT2D eigenvalue weighted by Gasteiger charge is -2.15. The minimum absolute atomic E-state index is 0.161. The van der Waals surface area contributed by atoms with Gasteiger partial charge >= 0.3 is 0 Å². The molecule has 0 saturated carbocycles. The highest BCUT2D eigenvalue weighted by molar-refractivity contribution is 5.39. The van der Waals surface area contributed by atoms with Crippen molar-refractivity contribution < 1.29 is 13.9 Å². The van der Waals surface area contributed by atoms with E-state index in [4.69, 9.17) is 15.2 Å². The zero-order valence-electron chi connectivity index (χ0n) is 11.1. The predicted octanol–water partition coefficient (Wildman–Crippen LogP) is 1.62. The molecule has 0 bridgehead atoms. The van der Waals surface area contributed by atoms with Crippen LogP contribution in [0.4, 0.5) is 4.39 Å². The number of halogens is 1. The van der Waals surface area contributed by atoms with Crippen molar-refractivity contribution in [3.63, 3.8) is 0 Å². The summed E-state index contributed by atoms with van der Waals surface area (Å²) in [6, 6.07) is 4.05. The summed E-state index contributed by atoms with van der Waals surface area (Å²) in [5, 5.41) is 4.10. The monoisotopic (exact) mass is 265 g/mol. The number of nitrogens with two attached hydrogens (primary N) is 1. The Bertz CT molecular complexity index is 583. The van der Waals surface area contributed by atoms with Gasteiger partial charge < -0.3 is 15.2 Å². The lowest BCUT2D eigenvalue weighted by molar-refractivity contribution is 0.385. The zero-order chi connectivity index (χ0) is 14.0. The van der Waals surface area contributed by atoms with Crippen LogP contribution in [-0.4, -0.2) is 24.0 Å². The Balaban J connectivity index is 2.43. The number of rotatable bonds is 4. The number of nitrogens with zero attached hydrogens (tertiary/aromatic N) is 2. The topological polar surface area (TPSA) is 62.3 Å². The molecule has 0 spiro atoms. The van der Waals surface area contributed by atoms with Crippen LogP contribution in [0.2, 0.25) is 0 Å². The normalized spacial score (nSPS) is 12.3. The fourth-order valence-corrected chi connectivity index (χ4v) is 1.97. The number of ether oxygens (including phenoxy) is 2. The third-order valence-electron chi connectivity index (χ3n) is 3.00. The molecule has 0 fully saturated rings. The molecular weight excluding hydrogens is 249 g/mol. The van der Waals surface area contributed by atoms with Gasteiger partial charge in [-0.25, -0.2) is 4.39 Å². The summed E-state index contributed by atoms with van der Waals surface area (Å²) >= 11 is 0. The first-order chi connectivity index (χ1) is 9.08. The van der Waals surface area contributed by atoms with Gasteiger partial charge in [0.1, 0.15) is 5.69 Å². The van der Waals surface area contributed by atoms with Crippen LogP contribution in [0.5, 0.6) is 11.5 Å². The maximum atomic E-state index is 13.4. The molecule has 0 aliphatic carbocycles. The average molecular weight is 265 g/mol. The molecule has 0 radical (unpaired) electrons. The summed E-state index contributed by atoms with van der Waals surface area (Å²) in [6.07, 6.45) is 1.59. The van der Waals surface area contributed by atoms with Gasteiger partial charge in [-0.05, 0) is 17.7 Å². The van der Waals surface area contributed by atoms with Crippen LogP contribution in [0.15, 0.2) is 24.4 Å². The van der Waals surface area contributed by atoms with Gasteiger partial charge in [0, 0.05) is 7.05 Å². The standard InChI is InChI=1S/C13H16FN3O2/c1-17-13(11(19-3)7-16-17)12(15)8-4-5-9(14)10(6-8)18-2/h4-7,12H,15H2,1-3H3. The number of hydrogen-bond acceptors (Lipinski definition) is 4. The Morgan fingerprint density at radius 2 is 1.95 bits per heavy atom. The largest absolute Gasteiger partial charge is 0.494 e. The van der Waals surface area contributed by atoms with Crippen molar-refractivity contribution >= 4 is 0 Å². The van der Waals surface area contributed by atoms with Crippen molar-refractivity contribution in [2.75, 3.05) is 14.2 Å². The maximum absolute atomic E-state index is 13.4. The Morgan fingerprint density at radius 1 is 1.26 bits per heavy atom. The molecule has 0 aliphatic rings. The predicted molar refractivity (Wildman–Crippen MR) is 68.7 cm³/mol. The van der Waals surface area contributed by atoms with Gasteiger partial charge in [0.25, 0.3) is 0 Å². The van der Waals surface area contributed by atoms with Crippen molar-refractivity contribution in [1.82, 2.24) is 9.78 Å². The van der Waals surface area contributed by atoms with Gasteiger partial charge in [0.15, 0.2) is 17.3 Å². The van der Waals surface area contributed by atoms with Crippen molar-refractivity contribution in [1.29, 1.82) is 0 Å². The molecule has 5 nitrogen and oxygen atoms in total. The van der Waals surface area contributed by atoms with E-state index in [-0.39, 0.29) is 5.75 Å². The molecule has 102 valence electrons. The van der Waals surface area contributed by atoms with Gasteiger partial charge in [-0.3, -0.25) is 4.68 Å². The lowest BCUT2D eigenvalue weighted by atomic mass is 10.0. The van der Waals surface area contributed by atoms with Gasteiger partial charge in [-0.1, -0.05) is 6.07 Å². The van der Waals surface area contributed by atoms with Crippen LogP contribution in [0.25, 0.3) is 0 Å². The van der Waals surface area contributed by atoms with Crippen molar-refractivity contribution in [2.45, 2.75) is 6.04 Å². The van der Waals surface area contributed by atoms with Gasteiger partial charge in [-0.2, -0.15) is 5.10 Å². The van der Waals surface area contributed by atoms with E-state index in [1.54, 1.807) is 37.2 Å². The highest BCUT2D eigenvalue weighted by atomic mass is 19.1. The van der Waals surface area contributed by atoms with E-state index >= 15 is 0 Å². The molecule has 2 aromatic rings. The molecule has 19 heavy (non-hydrogen) atoms. The van der Waals surface area contributed by atoms with E-state index in [1.165, 1.54) is 13.2 Å². The summed E-state index contributed by atoms with van der Waals surface area (Å²) < 4.78 is 25.2.